The Balaban J connectivity index is 1.83. The molecular formula is C22H16ClN3O. The zero-order chi connectivity index (χ0) is 18.8. The second-order valence-electron chi connectivity index (χ2n) is 6.22. The van der Waals surface area contributed by atoms with Gasteiger partial charge in [0.15, 0.2) is 0 Å². The quantitative estimate of drug-likeness (QED) is 0.515. The van der Waals surface area contributed by atoms with Crippen LogP contribution in [-0.2, 0) is 0 Å². The molecular weight excluding hydrogens is 358 g/mol. The number of hydrogen-bond donors (Lipinski definition) is 1. The van der Waals surface area contributed by atoms with Crippen molar-refractivity contribution >= 4 is 34.2 Å². The van der Waals surface area contributed by atoms with Gasteiger partial charge in [-0.1, -0.05) is 48.0 Å². The van der Waals surface area contributed by atoms with Crippen molar-refractivity contribution in [3.8, 4) is 11.3 Å². The van der Waals surface area contributed by atoms with Gasteiger partial charge in [0, 0.05) is 22.2 Å². The normalized spacial score (nSPS) is 10.7. The van der Waals surface area contributed by atoms with Crippen LogP contribution in [0.1, 0.15) is 15.9 Å². The van der Waals surface area contributed by atoms with Crippen LogP contribution >= 0.6 is 11.6 Å². The van der Waals surface area contributed by atoms with Crippen LogP contribution in [0, 0.1) is 6.92 Å². The number of nitrogens with zero attached hydrogens (tertiary/aromatic N) is 2. The first-order chi connectivity index (χ1) is 13.1. The lowest BCUT2D eigenvalue weighted by Gasteiger charge is -2.11. The van der Waals surface area contributed by atoms with E-state index in [1.165, 1.54) is 0 Å². The van der Waals surface area contributed by atoms with Crippen molar-refractivity contribution in [1.82, 2.24) is 9.97 Å². The van der Waals surface area contributed by atoms with Crippen molar-refractivity contribution in [2.24, 2.45) is 0 Å². The summed E-state index contributed by atoms with van der Waals surface area (Å²) in [4.78, 5) is 21.9. The molecule has 4 aromatic rings. The summed E-state index contributed by atoms with van der Waals surface area (Å²) in [6, 6.07) is 20.5. The van der Waals surface area contributed by atoms with Crippen LogP contribution in [0.2, 0.25) is 5.02 Å². The highest BCUT2D eigenvalue weighted by molar-refractivity contribution is 6.33. The van der Waals surface area contributed by atoms with Crippen LogP contribution in [0.25, 0.3) is 22.2 Å². The number of anilines is 1. The number of carbonyl (C=O) groups excluding carboxylic acids is 1. The first kappa shape index (κ1) is 17.2. The third-order valence-electron chi connectivity index (χ3n) is 4.27. The van der Waals surface area contributed by atoms with Crippen LogP contribution in [0.5, 0.6) is 0 Å². The highest BCUT2D eigenvalue weighted by atomic mass is 35.5. The fourth-order valence-corrected chi connectivity index (χ4v) is 3.19. The van der Waals surface area contributed by atoms with Crippen molar-refractivity contribution in [2.75, 3.05) is 5.32 Å². The van der Waals surface area contributed by atoms with Crippen molar-refractivity contribution in [3.05, 3.63) is 89.1 Å². The Labute approximate surface area is 161 Å². The zero-order valence-electron chi connectivity index (χ0n) is 14.6. The molecule has 2 aromatic heterocycles. The lowest BCUT2D eigenvalue weighted by molar-refractivity contribution is 0.102. The topological polar surface area (TPSA) is 54.9 Å². The monoisotopic (exact) mass is 373 g/mol. The summed E-state index contributed by atoms with van der Waals surface area (Å²) in [5, 5.41) is 4.24. The minimum Gasteiger partial charge on any atom is -0.307 e. The number of rotatable bonds is 3. The van der Waals surface area contributed by atoms with Gasteiger partial charge in [-0.25, -0.2) is 9.97 Å². The number of benzene rings is 2. The molecule has 0 unspecified atom stereocenters. The van der Waals surface area contributed by atoms with E-state index in [2.05, 4.69) is 10.3 Å². The predicted octanol–water partition coefficient (Wildman–Crippen LogP) is 5.51. The standard InChI is InChI=1S/C22H16ClN3O/c1-14-10-11-24-21(12-14)26-22(27)17-13-20(16-7-2-4-8-18(16)23)25-19-9-5-3-6-15(17)19/h2-13H,1H3,(H,24,26,27). The summed E-state index contributed by atoms with van der Waals surface area (Å²) in [6.45, 7) is 1.95. The fourth-order valence-electron chi connectivity index (χ4n) is 2.96. The highest BCUT2D eigenvalue weighted by Crippen LogP contribution is 2.30. The minimum absolute atomic E-state index is 0.236. The SMILES string of the molecule is Cc1ccnc(NC(=O)c2cc(-c3ccccc3Cl)nc3ccccc23)c1. The van der Waals surface area contributed by atoms with E-state index < -0.39 is 0 Å². The van der Waals surface area contributed by atoms with Crippen LogP contribution in [0.4, 0.5) is 5.82 Å². The molecule has 0 aliphatic heterocycles. The molecule has 1 N–H and O–H groups in total. The van der Waals surface area contributed by atoms with Crippen molar-refractivity contribution in [1.29, 1.82) is 0 Å². The maximum absolute atomic E-state index is 13.0. The number of para-hydroxylation sites is 1. The van der Waals surface area contributed by atoms with E-state index in [0.717, 1.165) is 22.0 Å². The molecule has 4 rings (SSSR count). The zero-order valence-corrected chi connectivity index (χ0v) is 15.4. The molecule has 0 radical (unpaired) electrons. The number of aromatic nitrogens is 2. The number of hydrogen-bond acceptors (Lipinski definition) is 3. The molecule has 132 valence electrons. The van der Waals surface area contributed by atoms with Gasteiger partial charge in [0.2, 0.25) is 0 Å². The predicted molar refractivity (Wildman–Crippen MR) is 109 cm³/mol. The number of carbonyl (C=O) groups is 1. The Hall–Kier alpha value is -3.24. The lowest BCUT2D eigenvalue weighted by atomic mass is 10.0. The maximum atomic E-state index is 13.0. The van der Waals surface area contributed by atoms with Gasteiger partial charge in [0.25, 0.3) is 5.91 Å². The number of pyridine rings is 2. The van der Waals surface area contributed by atoms with Gasteiger partial charge in [-0.05, 0) is 42.8 Å². The van der Waals surface area contributed by atoms with Crippen molar-refractivity contribution in [2.45, 2.75) is 6.92 Å². The van der Waals surface area contributed by atoms with E-state index in [4.69, 9.17) is 16.6 Å². The Morgan fingerprint density at radius 3 is 2.59 bits per heavy atom. The van der Waals surface area contributed by atoms with Gasteiger partial charge in [-0.2, -0.15) is 0 Å². The molecule has 0 atom stereocenters. The highest BCUT2D eigenvalue weighted by Gasteiger charge is 2.15. The minimum atomic E-state index is -0.236. The number of fused-ring (bicyclic) bond motifs is 1. The molecule has 27 heavy (non-hydrogen) atoms. The molecule has 0 spiro atoms. The van der Waals surface area contributed by atoms with Crippen molar-refractivity contribution < 1.29 is 4.79 Å². The van der Waals surface area contributed by atoms with Crippen molar-refractivity contribution in [3.63, 3.8) is 0 Å². The number of halogens is 1. The molecule has 1 amide bonds. The van der Waals surface area contributed by atoms with Gasteiger partial charge in [-0.15, -0.1) is 0 Å². The largest absolute Gasteiger partial charge is 0.307 e. The summed E-state index contributed by atoms with van der Waals surface area (Å²) in [5.74, 6) is 0.278. The van der Waals surface area contributed by atoms with E-state index in [1.54, 1.807) is 12.3 Å². The molecule has 2 aromatic carbocycles. The first-order valence-corrected chi connectivity index (χ1v) is 8.88. The first-order valence-electron chi connectivity index (χ1n) is 8.50. The Morgan fingerprint density at radius 2 is 1.78 bits per heavy atom. The second-order valence-corrected chi connectivity index (χ2v) is 6.63. The molecule has 0 bridgehead atoms. The molecule has 5 heteroatoms. The summed E-state index contributed by atoms with van der Waals surface area (Å²) in [6.07, 6.45) is 1.67. The van der Waals surface area contributed by atoms with Crippen LogP contribution in [0.15, 0.2) is 72.9 Å². The number of nitrogens with one attached hydrogen (secondary N) is 1. The van der Waals surface area contributed by atoms with E-state index in [0.29, 0.717) is 22.1 Å². The average Bonchev–Trinajstić information content (AvgIpc) is 2.67. The molecule has 0 saturated heterocycles. The van der Waals surface area contributed by atoms with Gasteiger partial charge in [0.05, 0.1) is 16.8 Å². The molecule has 0 fully saturated rings. The summed E-state index contributed by atoms with van der Waals surface area (Å²) < 4.78 is 0. The number of aryl methyl sites for hydroxylation is 1. The van der Waals surface area contributed by atoms with Crippen LogP contribution < -0.4 is 5.32 Å². The van der Waals surface area contributed by atoms with Gasteiger partial charge < -0.3 is 5.32 Å². The molecule has 0 saturated carbocycles. The summed E-state index contributed by atoms with van der Waals surface area (Å²) in [7, 11) is 0. The van der Waals surface area contributed by atoms with Gasteiger partial charge in [0.1, 0.15) is 5.82 Å². The second kappa shape index (κ2) is 7.17. The lowest BCUT2D eigenvalue weighted by Crippen LogP contribution is -2.14. The average molecular weight is 374 g/mol. The van der Waals surface area contributed by atoms with Gasteiger partial charge >= 0.3 is 0 Å². The van der Waals surface area contributed by atoms with E-state index in [-0.39, 0.29) is 5.91 Å². The smallest absolute Gasteiger partial charge is 0.257 e. The molecule has 0 aliphatic rings. The summed E-state index contributed by atoms with van der Waals surface area (Å²) in [5.41, 5.74) is 3.72. The van der Waals surface area contributed by atoms with Gasteiger partial charge in [-0.3, -0.25) is 4.79 Å². The number of amides is 1. The molecule has 0 aliphatic carbocycles. The van der Waals surface area contributed by atoms with E-state index in [1.807, 2.05) is 67.6 Å². The Morgan fingerprint density at radius 1 is 1.00 bits per heavy atom. The third-order valence-corrected chi connectivity index (χ3v) is 4.60. The fraction of sp³-hybridized carbons (Fsp3) is 0.0455. The molecule has 4 nitrogen and oxygen atoms in total. The van der Waals surface area contributed by atoms with Crippen LogP contribution in [0.3, 0.4) is 0 Å². The maximum Gasteiger partial charge on any atom is 0.257 e. The Bertz CT molecular complexity index is 1160. The molecule has 2 heterocycles. The summed E-state index contributed by atoms with van der Waals surface area (Å²) >= 11 is 6.34. The Kier molecular flexibility index (Phi) is 4.57. The third kappa shape index (κ3) is 3.52. The van der Waals surface area contributed by atoms with Crippen LogP contribution in [-0.4, -0.2) is 15.9 Å². The van der Waals surface area contributed by atoms with E-state index in [9.17, 15) is 4.79 Å². The van der Waals surface area contributed by atoms with E-state index >= 15 is 0 Å².